The Bertz CT molecular complexity index is 950. The number of pyridine rings is 1. The molecule has 0 radical (unpaired) electrons. The van der Waals surface area contributed by atoms with Crippen molar-refractivity contribution in [2.24, 2.45) is 0 Å². The van der Waals surface area contributed by atoms with Crippen LogP contribution in [0.2, 0.25) is 0 Å². The number of benzene rings is 1. The Labute approximate surface area is 187 Å². The average Bonchev–Trinajstić information content (AvgIpc) is 2.81. The van der Waals surface area contributed by atoms with Crippen molar-refractivity contribution >= 4 is 18.3 Å². The number of fused-ring (bicyclic) bond motifs is 1. The summed E-state index contributed by atoms with van der Waals surface area (Å²) >= 11 is 0. The number of rotatable bonds is 3. The summed E-state index contributed by atoms with van der Waals surface area (Å²) in [6.07, 6.45) is 3.92. The fourth-order valence-electron chi connectivity index (χ4n) is 4.20. The molecule has 0 spiro atoms. The number of carboxylic acid groups (broad SMARTS) is 1. The van der Waals surface area contributed by atoms with Crippen LogP contribution >= 0.6 is 0 Å². The van der Waals surface area contributed by atoms with Crippen LogP contribution < -0.4 is 4.74 Å². The van der Waals surface area contributed by atoms with Gasteiger partial charge < -0.3 is 19.6 Å². The molecule has 0 unspecified atom stereocenters. The molecule has 1 fully saturated rings. The predicted octanol–water partition coefficient (Wildman–Crippen LogP) is 2.41. The number of aryl methyl sites for hydroxylation is 1. The van der Waals surface area contributed by atoms with Gasteiger partial charge in [0.15, 0.2) is 0 Å². The molecule has 1 saturated heterocycles. The first-order valence-corrected chi connectivity index (χ1v) is 10.8. The third-order valence-electron chi connectivity index (χ3n) is 6.06. The molecule has 0 aliphatic carbocycles. The highest BCUT2D eigenvalue weighted by atomic mass is 16.5. The summed E-state index contributed by atoms with van der Waals surface area (Å²) < 4.78 is 5.66. The Hall–Kier alpha value is -3.42. The maximum Gasteiger partial charge on any atom is 0.290 e. The van der Waals surface area contributed by atoms with Crippen molar-refractivity contribution in [3.8, 4) is 5.75 Å². The molecule has 170 valence electrons. The molecular formula is C24H29N3O5. The molecule has 3 heterocycles. The lowest BCUT2D eigenvalue weighted by Gasteiger charge is -2.45. The lowest BCUT2D eigenvalue weighted by atomic mass is 9.99. The number of piperazine rings is 1. The lowest BCUT2D eigenvalue weighted by molar-refractivity contribution is -0.136. The molecule has 2 atom stereocenters. The van der Waals surface area contributed by atoms with Gasteiger partial charge >= 0.3 is 0 Å². The SMILES string of the molecule is C[C@@H]1[C@@H](C)N(C(=O)c2ccc3c(c2)CCCO3)CCN1C(=O)Cc1ccccn1.O=CO. The van der Waals surface area contributed by atoms with E-state index in [4.69, 9.17) is 14.6 Å². The van der Waals surface area contributed by atoms with Gasteiger partial charge in [-0.2, -0.15) is 0 Å². The second kappa shape index (κ2) is 10.7. The van der Waals surface area contributed by atoms with Gasteiger partial charge in [0.25, 0.3) is 12.4 Å². The van der Waals surface area contributed by atoms with Crippen molar-refractivity contribution in [1.29, 1.82) is 0 Å². The molecular weight excluding hydrogens is 410 g/mol. The average molecular weight is 440 g/mol. The zero-order valence-corrected chi connectivity index (χ0v) is 18.4. The largest absolute Gasteiger partial charge is 0.493 e. The van der Waals surface area contributed by atoms with Crippen molar-refractivity contribution in [3.63, 3.8) is 0 Å². The zero-order chi connectivity index (χ0) is 23.1. The van der Waals surface area contributed by atoms with Gasteiger partial charge in [0, 0.05) is 42.6 Å². The Morgan fingerprint density at radius 1 is 1.16 bits per heavy atom. The van der Waals surface area contributed by atoms with Crippen LogP contribution in [0.5, 0.6) is 5.75 Å². The van der Waals surface area contributed by atoms with Crippen molar-refractivity contribution < 1.29 is 24.2 Å². The van der Waals surface area contributed by atoms with E-state index in [0.717, 1.165) is 36.5 Å². The number of carbonyl (C=O) groups is 3. The maximum atomic E-state index is 13.2. The monoisotopic (exact) mass is 439 g/mol. The van der Waals surface area contributed by atoms with E-state index >= 15 is 0 Å². The lowest BCUT2D eigenvalue weighted by Crippen LogP contribution is -2.60. The van der Waals surface area contributed by atoms with E-state index in [0.29, 0.717) is 18.7 Å². The van der Waals surface area contributed by atoms with Crippen molar-refractivity contribution in [3.05, 3.63) is 59.4 Å². The number of nitrogens with zero attached hydrogens (tertiary/aromatic N) is 3. The summed E-state index contributed by atoms with van der Waals surface area (Å²) in [7, 11) is 0. The highest BCUT2D eigenvalue weighted by molar-refractivity contribution is 5.95. The second-order valence-electron chi connectivity index (χ2n) is 7.94. The number of aromatic nitrogens is 1. The first-order valence-electron chi connectivity index (χ1n) is 10.8. The summed E-state index contributed by atoms with van der Waals surface area (Å²) in [5.74, 6) is 0.967. The molecule has 0 bridgehead atoms. The van der Waals surface area contributed by atoms with Gasteiger partial charge in [-0.05, 0) is 62.6 Å². The van der Waals surface area contributed by atoms with E-state index in [1.165, 1.54) is 0 Å². The van der Waals surface area contributed by atoms with Gasteiger partial charge in [-0.15, -0.1) is 0 Å². The zero-order valence-electron chi connectivity index (χ0n) is 18.4. The highest BCUT2D eigenvalue weighted by Gasteiger charge is 2.36. The van der Waals surface area contributed by atoms with Gasteiger partial charge in [0.1, 0.15) is 5.75 Å². The molecule has 2 aliphatic rings. The van der Waals surface area contributed by atoms with Crippen LogP contribution in [-0.2, 0) is 22.4 Å². The van der Waals surface area contributed by atoms with Crippen molar-refractivity contribution in [1.82, 2.24) is 14.8 Å². The smallest absolute Gasteiger partial charge is 0.290 e. The van der Waals surface area contributed by atoms with E-state index in [1.807, 2.05) is 60.0 Å². The van der Waals surface area contributed by atoms with Gasteiger partial charge in [0.05, 0.1) is 13.0 Å². The molecule has 1 aromatic heterocycles. The first kappa shape index (κ1) is 23.2. The van der Waals surface area contributed by atoms with E-state index in [1.54, 1.807) is 6.20 Å². The van der Waals surface area contributed by atoms with Crippen LogP contribution in [0.25, 0.3) is 0 Å². The standard InChI is InChI=1S/C23H27N3O3.CH2O2/c1-16-17(2)26(12-11-25(16)22(27)15-20-7-3-4-10-24-20)23(28)19-8-9-21-18(14-19)6-5-13-29-21;2-1-3/h3-4,7-10,14,16-17H,5-6,11-13,15H2,1-2H3;1H,(H,2,3)/t16-,17-;/m1./s1. The fourth-order valence-corrected chi connectivity index (χ4v) is 4.20. The summed E-state index contributed by atoms with van der Waals surface area (Å²) in [5, 5.41) is 6.89. The van der Waals surface area contributed by atoms with Crippen LogP contribution in [0.1, 0.15) is 41.9 Å². The van der Waals surface area contributed by atoms with Crippen LogP contribution in [0.3, 0.4) is 0 Å². The van der Waals surface area contributed by atoms with Gasteiger partial charge in [0.2, 0.25) is 5.91 Å². The summed E-state index contributed by atoms with van der Waals surface area (Å²) in [6.45, 7) is 5.59. The highest BCUT2D eigenvalue weighted by Crippen LogP contribution is 2.27. The first-order chi connectivity index (χ1) is 15.5. The molecule has 1 aromatic carbocycles. The third kappa shape index (κ3) is 5.25. The quantitative estimate of drug-likeness (QED) is 0.738. The van der Waals surface area contributed by atoms with Gasteiger partial charge in [-0.1, -0.05) is 6.07 Å². The molecule has 2 aliphatic heterocycles. The van der Waals surface area contributed by atoms with Crippen LogP contribution in [0.15, 0.2) is 42.6 Å². The third-order valence-corrected chi connectivity index (χ3v) is 6.06. The van der Waals surface area contributed by atoms with E-state index < -0.39 is 0 Å². The van der Waals surface area contributed by atoms with Crippen LogP contribution in [-0.4, -0.2) is 70.0 Å². The predicted molar refractivity (Wildman–Crippen MR) is 119 cm³/mol. The maximum absolute atomic E-state index is 13.2. The van der Waals surface area contributed by atoms with E-state index in [2.05, 4.69) is 4.98 Å². The molecule has 2 aromatic rings. The van der Waals surface area contributed by atoms with Crippen LogP contribution in [0.4, 0.5) is 0 Å². The van der Waals surface area contributed by atoms with Gasteiger partial charge in [-0.25, -0.2) is 0 Å². The Morgan fingerprint density at radius 2 is 1.88 bits per heavy atom. The fraction of sp³-hybridized carbons (Fsp3) is 0.417. The van der Waals surface area contributed by atoms with Crippen molar-refractivity contribution in [2.45, 2.75) is 45.2 Å². The number of hydrogen-bond acceptors (Lipinski definition) is 5. The Morgan fingerprint density at radius 3 is 2.59 bits per heavy atom. The molecule has 1 N–H and O–H groups in total. The molecule has 0 saturated carbocycles. The number of hydrogen-bond donors (Lipinski definition) is 1. The van der Waals surface area contributed by atoms with Gasteiger partial charge in [-0.3, -0.25) is 19.4 Å². The normalized spacial score (nSPS) is 19.7. The topological polar surface area (TPSA) is 100 Å². The van der Waals surface area contributed by atoms with Crippen LogP contribution in [0, 0.1) is 0 Å². The van der Waals surface area contributed by atoms with E-state index in [-0.39, 0.29) is 36.8 Å². The van der Waals surface area contributed by atoms with E-state index in [9.17, 15) is 9.59 Å². The number of ether oxygens (including phenoxy) is 1. The molecule has 8 heteroatoms. The molecule has 2 amide bonds. The molecule has 8 nitrogen and oxygen atoms in total. The minimum absolute atomic E-state index is 0.0227. The number of amides is 2. The Balaban J connectivity index is 0.000000913. The second-order valence-corrected chi connectivity index (χ2v) is 7.94. The summed E-state index contributed by atoms with van der Waals surface area (Å²) in [5.41, 5.74) is 2.57. The number of carbonyl (C=O) groups excluding carboxylic acids is 2. The summed E-state index contributed by atoms with van der Waals surface area (Å²) in [4.78, 5) is 42.4. The minimum atomic E-state index is -0.250. The molecule has 32 heavy (non-hydrogen) atoms. The minimum Gasteiger partial charge on any atom is -0.493 e. The summed E-state index contributed by atoms with van der Waals surface area (Å²) in [6, 6.07) is 11.2. The Kier molecular flexibility index (Phi) is 7.81. The molecule has 4 rings (SSSR count). The van der Waals surface area contributed by atoms with Crippen molar-refractivity contribution in [2.75, 3.05) is 19.7 Å².